The summed E-state index contributed by atoms with van der Waals surface area (Å²) in [6, 6.07) is 6.20. The van der Waals surface area contributed by atoms with Crippen LogP contribution in [0.3, 0.4) is 0 Å². The number of carbonyl (C=O) groups excluding carboxylic acids is 1. The number of esters is 1. The van der Waals surface area contributed by atoms with Gasteiger partial charge in [0.25, 0.3) is 0 Å². The van der Waals surface area contributed by atoms with Gasteiger partial charge >= 0.3 is 5.97 Å². The molecular formula is C13H20NO2+. The molecule has 0 aliphatic rings. The quantitative estimate of drug-likeness (QED) is 0.574. The van der Waals surface area contributed by atoms with Gasteiger partial charge in [-0.1, -0.05) is 6.92 Å². The van der Waals surface area contributed by atoms with Crippen molar-refractivity contribution in [2.45, 2.75) is 33.7 Å². The van der Waals surface area contributed by atoms with Crippen molar-refractivity contribution in [3.63, 3.8) is 0 Å². The molecule has 1 unspecified atom stereocenters. The summed E-state index contributed by atoms with van der Waals surface area (Å²) in [5.74, 6) is -0.177. The van der Waals surface area contributed by atoms with Crippen molar-refractivity contribution in [3.05, 3.63) is 29.6 Å². The molecule has 0 saturated heterocycles. The van der Waals surface area contributed by atoms with Crippen LogP contribution in [0.5, 0.6) is 0 Å². The van der Waals surface area contributed by atoms with E-state index in [1.165, 1.54) is 18.5 Å². The highest BCUT2D eigenvalue weighted by molar-refractivity contribution is 5.71. The Kier molecular flexibility index (Phi) is 4.47. The Morgan fingerprint density at radius 3 is 2.44 bits per heavy atom. The minimum absolute atomic E-state index is 0.0449. The molecule has 1 rings (SSSR count). The molecule has 1 aromatic rings. The first-order chi connectivity index (χ1) is 7.56. The van der Waals surface area contributed by atoms with E-state index in [1.807, 2.05) is 13.0 Å². The molecule has 0 spiro atoms. The molecule has 3 nitrogen and oxygen atoms in total. The number of nitrogens with zero attached hydrogens (tertiary/aromatic N) is 1. The summed E-state index contributed by atoms with van der Waals surface area (Å²) in [6.07, 6.45) is 0.809. The predicted molar refractivity (Wildman–Crippen MR) is 61.9 cm³/mol. The van der Waals surface area contributed by atoms with Gasteiger partial charge < -0.3 is 4.74 Å². The zero-order valence-corrected chi connectivity index (χ0v) is 10.5. The summed E-state index contributed by atoms with van der Waals surface area (Å²) in [7, 11) is 1.44. The number of carbonyl (C=O) groups is 1. The summed E-state index contributed by atoms with van der Waals surface area (Å²) in [5, 5.41) is 0. The van der Waals surface area contributed by atoms with Crippen LogP contribution >= 0.6 is 0 Å². The number of ether oxygens (including phenoxy) is 1. The number of hydrogen-bond donors (Lipinski definition) is 0. The topological polar surface area (TPSA) is 30.2 Å². The molecule has 88 valence electrons. The van der Waals surface area contributed by atoms with Crippen molar-refractivity contribution < 1.29 is 14.1 Å². The average Bonchev–Trinajstić information content (AvgIpc) is 2.27. The summed E-state index contributed by atoms with van der Waals surface area (Å²) >= 11 is 0. The molecule has 1 atom stereocenters. The van der Waals surface area contributed by atoms with E-state index in [0.717, 1.165) is 13.0 Å². The lowest BCUT2D eigenvalue weighted by Gasteiger charge is -2.08. The second kappa shape index (κ2) is 5.64. The van der Waals surface area contributed by atoms with Crippen molar-refractivity contribution in [1.29, 1.82) is 0 Å². The van der Waals surface area contributed by atoms with Gasteiger partial charge in [-0.15, -0.1) is 0 Å². The Morgan fingerprint density at radius 2 is 1.94 bits per heavy atom. The molecule has 1 heterocycles. The zero-order valence-electron chi connectivity index (χ0n) is 10.5. The summed E-state index contributed by atoms with van der Waals surface area (Å²) < 4.78 is 6.93. The average molecular weight is 222 g/mol. The molecule has 3 heteroatoms. The van der Waals surface area contributed by atoms with Gasteiger partial charge in [-0.05, 0) is 6.07 Å². The van der Waals surface area contributed by atoms with Crippen molar-refractivity contribution in [3.8, 4) is 0 Å². The molecule has 0 saturated carbocycles. The number of hydrogen-bond acceptors (Lipinski definition) is 2. The number of aryl methyl sites for hydroxylation is 2. The van der Waals surface area contributed by atoms with Crippen LogP contribution in [0.25, 0.3) is 0 Å². The Labute approximate surface area is 97.1 Å². The van der Waals surface area contributed by atoms with Gasteiger partial charge in [0.1, 0.15) is 6.54 Å². The number of methoxy groups -OCH3 is 1. The van der Waals surface area contributed by atoms with Gasteiger partial charge in [0.15, 0.2) is 11.4 Å². The van der Waals surface area contributed by atoms with E-state index in [2.05, 4.69) is 30.5 Å². The maximum Gasteiger partial charge on any atom is 0.308 e. The van der Waals surface area contributed by atoms with Gasteiger partial charge in [0.2, 0.25) is 0 Å². The fraction of sp³-hybridized carbons (Fsp3) is 0.538. The fourth-order valence-corrected chi connectivity index (χ4v) is 1.78. The molecule has 0 amide bonds. The summed E-state index contributed by atoms with van der Waals surface area (Å²) in [6.45, 7) is 6.92. The van der Waals surface area contributed by atoms with Crippen LogP contribution in [0.1, 0.15) is 24.7 Å². The van der Waals surface area contributed by atoms with E-state index < -0.39 is 0 Å². The first-order valence-electron chi connectivity index (χ1n) is 5.60. The normalized spacial score (nSPS) is 12.2. The van der Waals surface area contributed by atoms with Gasteiger partial charge in [0, 0.05) is 32.4 Å². The first kappa shape index (κ1) is 12.7. The third kappa shape index (κ3) is 3.05. The lowest BCUT2D eigenvalue weighted by atomic mass is 10.1. The third-order valence-corrected chi connectivity index (χ3v) is 2.92. The molecule has 0 bridgehead atoms. The SMILES string of the molecule is COC(=O)C(C)CC[n+]1c(C)cccc1C. The Hall–Kier alpha value is -1.38. The third-order valence-electron chi connectivity index (χ3n) is 2.92. The number of rotatable bonds is 4. The molecular weight excluding hydrogens is 202 g/mol. The van der Waals surface area contributed by atoms with Crippen molar-refractivity contribution in [2.75, 3.05) is 7.11 Å². The van der Waals surface area contributed by atoms with Gasteiger partial charge in [-0.2, -0.15) is 0 Å². The summed E-state index contributed by atoms with van der Waals surface area (Å²) in [5.41, 5.74) is 2.44. The van der Waals surface area contributed by atoms with E-state index in [4.69, 9.17) is 4.74 Å². The van der Waals surface area contributed by atoms with Crippen molar-refractivity contribution in [1.82, 2.24) is 0 Å². The second-order valence-corrected chi connectivity index (χ2v) is 4.17. The van der Waals surface area contributed by atoms with Crippen LogP contribution < -0.4 is 4.57 Å². The van der Waals surface area contributed by atoms with E-state index in [1.54, 1.807) is 0 Å². The maximum atomic E-state index is 11.3. The van der Waals surface area contributed by atoms with Crippen LogP contribution in [0.2, 0.25) is 0 Å². The number of pyridine rings is 1. The molecule has 1 aromatic heterocycles. The molecule has 0 aliphatic carbocycles. The lowest BCUT2D eigenvalue weighted by Crippen LogP contribution is -2.41. The Balaban J connectivity index is 2.64. The molecule has 0 fully saturated rings. The fourth-order valence-electron chi connectivity index (χ4n) is 1.78. The Bertz CT molecular complexity index is 354. The second-order valence-electron chi connectivity index (χ2n) is 4.17. The van der Waals surface area contributed by atoms with Gasteiger partial charge in [-0.3, -0.25) is 4.79 Å². The first-order valence-corrected chi connectivity index (χ1v) is 5.60. The van der Waals surface area contributed by atoms with Crippen LogP contribution in [0, 0.1) is 19.8 Å². The maximum absolute atomic E-state index is 11.3. The monoisotopic (exact) mass is 222 g/mol. The Morgan fingerprint density at radius 1 is 1.38 bits per heavy atom. The highest BCUT2D eigenvalue weighted by Gasteiger charge is 2.17. The smallest absolute Gasteiger partial charge is 0.308 e. The standard InChI is InChI=1S/C13H20NO2/c1-10(13(15)16-4)8-9-14-11(2)6-5-7-12(14)3/h5-7,10H,8-9H2,1-4H3/q+1. The molecule has 0 radical (unpaired) electrons. The highest BCUT2D eigenvalue weighted by Crippen LogP contribution is 2.05. The molecule has 0 aliphatic heterocycles. The van der Waals surface area contributed by atoms with Crippen molar-refractivity contribution >= 4 is 5.97 Å². The highest BCUT2D eigenvalue weighted by atomic mass is 16.5. The van der Waals surface area contributed by atoms with E-state index in [9.17, 15) is 4.79 Å². The predicted octanol–water partition coefficient (Wildman–Crippen LogP) is 1.79. The molecule has 16 heavy (non-hydrogen) atoms. The van der Waals surface area contributed by atoms with E-state index in [0.29, 0.717) is 0 Å². The van der Waals surface area contributed by atoms with Crippen LogP contribution in [0.4, 0.5) is 0 Å². The minimum atomic E-state index is -0.133. The van der Waals surface area contributed by atoms with E-state index >= 15 is 0 Å². The van der Waals surface area contributed by atoms with Gasteiger partial charge in [0.05, 0.1) is 13.0 Å². The lowest BCUT2D eigenvalue weighted by molar-refractivity contribution is -0.709. The number of aromatic nitrogens is 1. The van der Waals surface area contributed by atoms with Gasteiger partial charge in [-0.25, -0.2) is 4.57 Å². The largest absolute Gasteiger partial charge is 0.469 e. The van der Waals surface area contributed by atoms with E-state index in [-0.39, 0.29) is 11.9 Å². The van der Waals surface area contributed by atoms with Crippen LogP contribution in [0.15, 0.2) is 18.2 Å². The molecule has 0 aromatic carbocycles. The van der Waals surface area contributed by atoms with Crippen LogP contribution in [-0.2, 0) is 16.1 Å². The molecule has 0 N–H and O–H groups in total. The summed E-state index contributed by atoms with van der Waals surface area (Å²) in [4.78, 5) is 11.3. The van der Waals surface area contributed by atoms with Crippen LogP contribution in [-0.4, -0.2) is 13.1 Å². The van der Waals surface area contributed by atoms with Crippen molar-refractivity contribution in [2.24, 2.45) is 5.92 Å². The zero-order chi connectivity index (χ0) is 12.1. The minimum Gasteiger partial charge on any atom is -0.469 e.